The Morgan fingerprint density at radius 1 is 1.33 bits per heavy atom. The summed E-state index contributed by atoms with van der Waals surface area (Å²) in [7, 11) is 1.70. The van der Waals surface area contributed by atoms with Gasteiger partial charge in [-0.3, -0.25) is 4.57 Å². The first-order chi connectivity index (χ1) is 11.5. The molecule has 0 amide bonds. The van der Waals surface area contributed by atoms with Crippen LogP contribution in [0.4, 0.5) is 5.13 Å². The molecule has 3 aromatic rings. The number of anilines is 1. The number of hydrogen-bond donors (Lipinski definition) is 1. The second kappa shape index (κ2) is 6.78. The Labute approximate surface area is 145 Å². The molecule has 0 saturated heterocycles. The summed E-state index contributed by atoms with van der Waals surface area (Å²) in [5.41, 5.74) is 4.28. The zero-order valence-corrected chi connectivity index (χ0v) is 15.4. The predicted molar refractivity (Wildman–Crippen MR) is 96.1 cm³/mol. The molecule has 0 saturated carbocycles. The van der Waals surface area contributed by atoms with Crippen molar-refractivity contribution >= 4 is 16.5 Å². The molecule has 0 radical (unpaired) electrons. The van der Waals surface area contributed by atoms with E-state index in [-0.39, 0.29) is 6.04 Å². The molecule has 0 unspecified atom stereocenters. The topological polar surface area (TPSA) is 65.1 Å². The van der Waals surface area contributed by atoms with E-state index in [1.165, 1.54) is 0 Å². The molecule has 3 aromatic heterocycles. The SMILES string of the molecule is COC[C@H](C)Nc1nc(-c2cc(C)n(-c3cc(C)on3)c2C)cs1. The lowest BCUT2D eigenvalue weighted by molar-refractivity contribution is 0.190. The first-order valence-corrected chi connectivity index (χ1v) is 8.71. The second-order valence-corrected chi connectivity index (χ2v) is 6.81. The van der Waals surface area contributed by atoms with Gasteiger partial charge in [0.05, 0.1) is 12.3 Å². The smallest absolute Gasteiger partial charge is 0.183 e. The number of rotatable bonds is 6. The van der Waals surface area contributed by atoms with Crippen LogP contribution < -0.4 is 5.32 Å². The van der Waals surface area contributed by atoms with Crippen LogP contribution in [0.3, 0.4) is 0 Å². The number of nitrogens with zero attached hydrogens (tertiary/aromatic N) is 3. The van der Waals surface area contributed by atoms with Crippen LogP contribution in [-0.4, -0.2) is 34.5 Å². The van der Waals surface area contributed by atoms with E-state index in [4.69, 9.17) is 14.2 Å². The third-order valence-corrected chi connectivity index (χ3v) is 4.62. The van der Waals surface area contributed by atoms with E-state index in [9.17, 15) is 0 Å². The third-order valence-electron chi connectivity index (χ3n) is 3.84. The first-order valence-electron chi connectivity index (χ1n) is 7.83. The van der Waals surface area contributed by atoms with E-state index in [0.717, 1.165) is 39.4 Å². The van der Waals surface area contributed by atoms with Crippen LogP contribution in [0.2, 0.25) is 0 Å². The highest BCUT2D eigenvalue weighted by atomic mass is 32.1. The second-order valence-electron chi connectivity index (χ2n) is 5.95. The zero-order valence-electron chi connectivity index (χ0n) is 14.6. The highest BCUT2D eigenvalue weighted by molar-refractivity contribution is 7.14. The van der Waals surface area contributed by atoms with Crippen molar-refractivity contribution in [1.29, 1.82) is 0 Å². The Hall–Kier alpha value is -2.12. The third kappa shape index (κ3) is 3.22. The standard InChI is InChI=1S/C17H22N4O2S/c1-10(8-22-5)18-17-19-15(9-24-17)14-6-11(2)21(13(14)4)16-7-12(3)23-20-16/h6-7,9-10H,8H2,1-5H3,(H,18,19)/t10-/m0/s1. The summed E-state index contributed by atoms with van der Waals surface area (Å²) < 4.78 is 12.4. The molecule has 128 valence electrons. The normalized spacial score (nSPS) is 12.5. The summed E-state index contributed by atoms with van der Waals surface area (Å²) in [5, 5.41) is 10.5. The Balaban J connectivity index is 1.90. The first kappa shape index (κ1) is 16.7. The minimum Gasteiger partial charge on any atom is -0.383 e. The maximum Gasteiger partial charge on any atom is 0.183 e. The average Bonchev–Trinajstić information content (AvgIpc) is 3.20. The molecule has 7 heteroatoms. The van der Waals surface area contributed by atoms with Crippen molar-refractivity contribution in [2.45, 2.75) is 33.7 Å². The number of ether oxygens (including phenoxy) is 1. The number of aryl methyl sites for hydroxylation is 2. The number of nitrogens with one attached hydrogen (secondary N) is 1. The highest BCUT2D eigenvalue weighted by Crippen LogP contribution is 2.31. The van der Waals surface area contributed by atoms with Gasteiger partial charge in [0.25, 0.3) is 0 Å². The highest BCUT2D eigenvalue weighted by Gasteiger charge is 2.17. The fourth-order valence-corrected chi connectivity index (χ4v) is 3.62. The minimum absolute atomic E-state index is 0.222. The number of thiazole rings is 1. The molecule has 3 rings (SSSR count). The summed E-state index contributed by atoms with van der Waals surface area (Å²) in [5.74, 6) is 1.60. The minimum atomic E-state index is 0.222. The molecule has 1 N–H and O–H groups in total. The van der Waals surface area contributed by atoms with Crippen molar-refractivity contribution in [3.63, 3.8) is 0 Å². The number of methoxy groups -OCH3 is 1. The van der Waals surface area contributed by atoms with Gasteiger partial charge in [0.15, 0.2) is 10.9 Å². The van der Waals surface area contributed by atoms with E-state index in [0.29, 0.717) is 6.61 Å². The molecule has 6 nitrogen and oxygen atoms in total. The fraction of sp³-hybridized carbons (Fsp3) is 0.412. The Morgan fingerprint density at radius 3 is 2.79 bits per heavy atom. The molecule has 0 bridgehead atoms. The molecule has 3 heterocycles. The summed E-state index contributed by atoms with van der Waals surface area (Å²) in [6, 6.07) is 4.29. The Morgan fingerprint density at radius 2 is 2.12 bits per heavy atom. The van der Waals surface area contributed by atoms with Gasteiger partial charge in [0.2, 0.25) is 0 Å². The zero-order chi connectivity index (χ0) is 17.3. The van der Waals surface area contributed by atoms with E-state index in [1.807, 2.05) is 13.0 Å². The van der Waals surface area contributed by atoms with Gasteiger partial charge in [-0.05, 0) is 33.8 Å². The molecule has 1 atom stereocenters. The fourth-order valence-electron chi connectivity index (χ4n) is 2.80. The monoisotopic (exact) mass is 346 g/mol. The van der Waals surface area contributed by atoms with Crippen LogP contribution in [0.15, 0.2) is 22.0 Å². The van der Waals surface area contributed by atoms with E-state index >= 15 is 0 Å². The van der Waals surface area contributed by atoms with Crippen molar-refractivity contribution in [2.24, 2.45) is 0 Å². The van der Waals surface area contributed by atoms with Crippen molar-refractivity contribution in [3.8, 4) is 17.1 Å². The van der Waals surface area contributed by atoms with E-state index < -0.39 is 0 Å². The average molecular weight is 346 g/mol. The van der Waals surface area contributed by atoms with Gasteiger partial charge in [0.1, 0.15) is 5.76 Å². The molecule has 0 fully saturated rings. The summed E-state index contributed by atoms with van der Waals surface area (Å²) >= 11 is 1.60. The number of aromatic nitrogens is 3. The lowest BCUT2D eigenvalue weighted by Crippen LogP contribution is -2.20. The van der Waals surface area contributed by atoms with Crippen molar-refractivity contribution in [1.82, 2.24) is 14.7 Å². The van der Waals surface area contributed by atoms with Crippen molar-refractivity contribution in [2.75, 3.05) is 19.0 Å². The van der Waals surface area contributed by atoms with Crippen LogP contribution in [0.5, 0.6) is 0 Å². The summed E-state index contributed by atoms with van der Waals surface area (Å²) in [6.45, 7) is 8.75. The van der Waals surface area contributed by atoms with Gasteiger partial charge >= 0.3 is 0 Å². The molecule has 0 aromatic carbocycles. The Kier molecular flexibility index (Phi) is 4.73. The molecule has 24 heavy (non-hydrogen) atoms. The lowest BCUT2D eigenvalue weighted by Gasteiger charge is -2.10. The van der Waals surface area contributed by atoms with Crippen LogP contribution in [0.25, 0.3) is 17.1 Å². The van der Waals surface area contributed by atoms with Gasteiger partial charge in [-0.15, -0.1) is 11.3 Å². The quantitative estimate of drug-likeness (QED) is 0.732. The van der Waals surface area contributed by atoms with Crippen molar-refractivity contribution < 1.29 is 9.26 Å². The van der Waals surface area contributed by atoms with Gasteiger partial charge in [0, 0.05) is 41.5 Å². The molecule has 0 spiro atoms. The molecule has 0 aliphatic carbocycles. The maximum atomic E-state index is 5.21. The number of hydrogen-bond acceptors (Lipinski definition) is 6. The van der Waals surface area contributed by atoms with E-state index in [1.54, 1.807) is 18.4 Å². The van der Waals surface area contributed by atoms with Crippen LogP contribution in [0, 0.1) is 20.8 Å². The van der Waals surface area contributed by atoms with Crippen LogP contribution >= 0.6 is 11.3 Å². The van der Waals surface area contributed by atoms with E-state index in [2.05, 4.69) is 47.3 Å². The predicted octanol–water partition coefficient (Wildman–Crippen LogP) is 3.96. The van der Waals surface area contributed by atoms with Gasteiger partial charge in [-0.1, -0.05) is 5.16 Å². The molecule has 0 aliphatic heterocycles. The maximum absolute atomic E-state index is 5.21. The van der Waals surface area contributed by atoms with Crippen LogP contribution in [-0.2, 0) is 4.74 Å². The van der Waals surface area contributed by atoms with Crippen LogP contribution in [0.1, 0.15) is 24.1 Å². The largest absolute Gasteiger partial charge is 0.383 e. The Bertz CT molecular complexity index is 834. The van der Waals surface area contributed by atoms with Crippen molar-refractivity contribution in [3.05, 3.63) is 34.7 Å². The van der Waals surface area contributed by atoms with Gasteiger partial charge < -0.3 is 14.6 Å². The van der Waals surface area contributed by atoms with Gasteiger partial charge in [-0.2, -0.15) is 0 Å². The molecular weight excluding hydrogens is 324 g/mol. The summed E-state index contributed by atoms with van der Waals surface area (Å²) in [4.78, 5) is 4.71. The molecular formula is C17H22N4O2S. The van der Waals surface area contributed by atoms with Gasteiger partial charge in [-0.25, -0.2) is 4.98 Å². The molecule has 0 aliphatic rings. The summed E-state index contributed by atoms with van der Waals surface area (Å²) in [6.07, 6.45) is 0. The lowest BCUT2D eigenvalue weighted by atomic mass is 10.2.